The van der Waals surface area contributed by atoms with Gasteiger partial charge in [-0.05, 0) is 36.8 Å². The predicted molar refractivity (Wildman–Crippen MR) is 75.6 cm³/mol. The van der Waals surface area contributed by atoms with Crippen LogP contribution in [-0.4, -0.2) is 0 Å². The number of aryl methyl sites for hydroxylation is 1. The molecular formula is C14H13Cl2NO. The van der Waals surface area contributed by atoms with Gasteiger partial charge in [-0.3, -0.25) is 0 Å². The van der Waals surface area contributed by atoms with Crippen LogP contribution in [0.5, 0.6) is 11.5 Å². The first kappa shape index (κ1) is 13.2. The summed E-state index contributed by atoms with van der Waals surface area (Å²) in [5.41, 5.74) is 7.63. The van der Waals surface area contributed by atoms with E-state index >= 15 is 0 Å². The SMILES string of the molecule is Cc1ccc(Oc2cc(Cl)ccc2CN)c(Cl)c1. The number of hydrogen-bond acceptors (Lipinski definition) is 2. The molecule has 4 heteroatoms. The predicted octanol–water partition coefficient (Wildman–Crippen LogP) is 4.55. The average molecular weight is 282 g/mol. The number of nitrogens with two attached hydrogens (primary N) is 1. The molecule has 2 N–H and O–H groups in total. The van der Waals surface area contributed by atoms with Crippen molar-refractivity contribution < 1.29 is 4.74 Å². The highest BCUT2D eigenvalue weighted by atomic mass is 35.5. The highest BCUT2D eigenvalue weighted by molar-refractivity contribution is 6.32. The summed E-state index contributed by atoms with van der Waals surface area (Å²) in [5, 5.41) is 1.17. The minimum Gasteiger partial charge on any atom is -0.455 e. The van der Waals surface area contributed by atoms with Crippen molar-refractivity contribution in [2.45, 2.75) is 13.5 Å². The molecule has 0 fully saturated rings. The fraction of sp³-hybridized carbons (Fsp3) is 0.143. The third-order valence-corrected chi connectivity index (χ3v) is 3.09. The Kier molecular flexibility index (Phi) is 4.12. The summed E-state index contributed by atoms with van der Waals surface area (Å²) in [7, 11) is 0. The van der Waals surface area contributed by atoms with Crippen molar-refractivity contribution in [1.29, 1.82) is 0 Å². The van der Waals surface area contributed by atoms with E-state index in [1.54, 1.807) is 12.1 Å². The van der Waals surface area contributed by atoms with Crippen LogP contribution in [0.3, 0.4) is 0 Å². The molecule has 0 spiro atoms. The van der Waals surface area contributed by atoms with E-state index in [0.717, 1.165) is 11.1 Å². The molecule has 0 aliphatic carbocycles. The van der Waals surface area contributed by atoms with Crippen LogP contribution >= 0.6 is 23.2 Å². The third-order valence-electron chi connectivity index (χ3n) is 2.56. The first-order chi connectivity index (χ1) is 8.60. The number of benzene rings is 2. The molecule has 0 atom stereocenters. The van der Waals surface area contributed by atoms with E-state index < -0.39 is 0 Å². The number of rotatable bonds is 3. The molecule has 2 aromatic carbocycles. The van der Waals surface area contributed by atoms with Crippen LogP contribution in [-0.2, 0) is 6.54 Å². The van der Waals surface area contributed by atoms with Gasteiger partial charge in [-0.1, -0.05) is 35.3 Å². The van der Waals surface area contributed by atoms with Crippen molar-refractivity contribution in [2.24, 2.45) is 5.73 Å². The molecule has 2 rings (SSSR count). The summed E-state index contributed by atoms with van der Waals surface area (Å²) in [6, 6.07) is 11.0. The smallest absolute Gasteiger partial charge is 0.146 e. The maximum Gasteiger partial charge on any atom is 0.146 e. The Labute approximate surface area is 116 Å². The minimum atomic E-state index is 0.385. The fourth-order valence-corrected chi connectivity index (χ4v) is 2.03. The van der Waals surface area contributed by atoms with Crippen LogP contribution in [0.1, 0.15) is 11.1 Å². The molecule has 0 saturated carbocycles. The van der Waals surface area contributed by atoms with E-state index in [-0.39, 0.29) is 0 Å². The Morgan fingerprint density at radius 2 is 1.83 bits per heavy atom. The topological polar surface area (TPSA) is 35.2 Å². The Morgan fingerprint density at radius 1 is 1.06 bits per heavy atom. The minimum absolute atomic E-state index is 0.385. The van der Waals surface area contributed by atoms with Gasteiger partial charge in [0.1, 0.15) is 11.5 Å². The molecule has 18 heavy (non-hydrogen) atoms. The number of hydrogen-bond donors (Lipinski definition) is 1. The lowest BCUT2D eigenvalue weighted by Crippen LogP contribution is -1.99. The molecule has 94 valence electrons. The van der Waals surface area contributed by atoms with Crippen molar-refractivity contribution in [1.82, 2.24) is 0 Å². The van der Waals surface area contributed by atoms with Gasteiger partial charge in [0.05, 0.1) is 5.02 Å². The maximum absolute atomic E-state index is 6.13. The molecule has 0 saturated heterocycles. The molecule has 0 unspecified atom stereocenters. The first-order valence-corrected chi connectivity index (χ1v) is 6.28. The zero-order valence-corrected chi connectivity index (χ0v) is 11.4. The molecule has 0 aromatic heterocycles. The van der Waals surface area contributed by atoms with Gasteiger partial charge < -0.3 is 10.5 Å². The van der Waals surface area contributed by atoms with Gasteiger partial charge in [0.15, 0.2) is 0 Å². The van der Waals surface area contributed by atoms with Crippen LogP contribution in [0.25, 0.3) is 0 Å². The molecule has 0 aliphatic heterocycles. The van der Waals surface area contributed by atoms with Crippen molar-refractivity contribution >= 4 is 23.2 Å². The lowest BCUT2D eigenvalue weighted by atomic mass is 10.2. The van der Waals surface area contributed by atoms with E-state index in [2.05, 4.69) is 0 Å². The molecular weight excluding hydrogens is 269 g/mol. The second-order valence-corrected chi connectivity index (χ2v) is 4.84. The Morgan fingerprint density at radius 3 is 2.50 bits per heavy atom. The zero-order valence-electron chi connectivity index (χ0n) is 9.91. The highest BCUT2D eigenvalue weighted by Crippen LogP contribution is 2.33. The van der Waals surface area contributed by atoms with E-state index in [4.69, 9.17) is 33.7 Å². The Hall–Kier alpha value is -1.22. The molecule has 2 nitrogen and oxygen atoms in total. The Bertz CT molecular complexity index is 570. The van der Waals surface area contributed by atoms with E-state index in [0.29, 0.717) is 28.1 Å². The van der Waals surface area contributed by atoms with Gasteiger partial charge in [0.2, 0.25) is 0 Å². The molecule has 2 aromatic rings. The van der Waals surface area contributed by atoms with Gasteiger partial charge in [-0.2, -0.15) is 0 Å². The summed E-state index contributed by atoms with van der Waals surface area (Å²) in [6.07, 6.45) is 0. The monoisotopic (exact) mass is 281 g/mol. The van der Waals surface area contributed by atoms with Crippen LogP contribution in [0.15, 0.2) is 36.4 Å². The molecule has 0 radical (unpaired) electrons. The van der Waals surface area contributed by atoms with Crippen molar-refractivity contribution in [2.75, 3.05) is 0 Å². The second-order valence-electron chi connectivity index (χ2n) is 3.99. The number of halogens is 2. The summed E-state index contributed by atoms with van der Waals surface area (Å²) < 4.78 is 5.77. The van der Waals surface area contributed by atoms with Crippen LogP contribution in [0.2, 0.25) is 10.0 Å². The largest absolute Gasteiger partial charge is 0.455 e. The normalized spacial score (nSPS) is 10.4. The average Bonchev–Trinajstić information content (AvgIpc) is 2.33. The molecule has 0 aliphatic rings. The second kappa shape index (κ2) is 5.61. The molecule has 0 heterocycles. The summed E-state index contributed by atoms with van der Waals surface area (Å²) in [6.45, 7) is 2.36. The van der Waals surface area contributed by atoms with Crippen molar-refractivity contribution in [3.8, 4) is 11.5 Å². The van der Waals surface area contributed by atoms with Crippen LogP contribution < -0.4 is 10.5 Å². The Balaban J connectivity index is 2.36. The van der Waals surface area contributed by atoms with Crippen molar-refractivity contribution in [3.63, 3.8) is 0 Å². The van der Waals surface area contributed by atoms with Gasteiger partial charge in [0.25, 0.3) is 0 Å². The lowest BCUT2D eigenvalue weighted by molar-refractivity contribution is 0.476. The van der Waals surface area contributed by atoms with Gasteiger partial charge >= 0.3 is 0 Å². The highest BCUT2D eigenvalue weighted by Gasteiger charge is 2.07. The van der Waals surface area contributed by atoms with Crippen LogP contribution in [0, 0.1) is 6.92 Å². The fourth-order valence-electron chi connectivity index (χ4n) is 1.60. The quantitative estimate of drug-likeness (QED) is 0.896. The standard InChI is InChI=1S/C14H13Cl2NO/c1-9-2-5-13(12(16)6-9)18-14-7-11(15)4-3-10(14)8-17/h2-7H,8,17H2,1H3. The van der Waals surface area contributed by atoms with Gasteiger partial charge in [-0.25, -0.2) is 0 Å². The molecule has 0 bridgehead atoms. The lowest BCUT2D eigenvalue weighted by Gasteiger charge is -2.12. The zero-order chi connectivity index (χ0) is 13.1. The third kappa shape index (κ3) is 2.96. The number of ether oxygens (including phenoxy) is 1. The van der Waals surface area contributed by atoms with Gasteiger partial charge in [0, 0.05) is 17.1 Å². The maximum atomic E-state index is 6.13. The summed E-state index contributed by atoms with van der Waals surface area (Å²) in [4.78, 5) is 0. The van der Waals surface area contributed by atoms with E-state index in [9.17, 15) is 0 Å². The molecule has 0 amide bonds. The van der Waals surface area contributed by atoms with Crippen molar-refractivity contribution in [3.05, 3.63) is 57.6 Å². The van der Waals surface area contributed by atoms with Crippen LogP contribution in [0.4, 0.5) is 0 Å². The first-order valence-electron chi connectivity index (χ1n) is 5.52. The van der Waals surface area contributed by atoms with Gasteiger partial charge in [-0.15, -0.1) is 0 Å². The summed E-state index contributed by atoms with van der Waals surface area (Å²) in [5.74, 6) is 1.23. The summed E-state index contributed by atoms with van der Waals surface area (Å²) >= 11 is 12.1. The van der Waals surface area contributed by atoms with E-state index in [1.165, 1.54) is 0 Å². The van der Waals surface area contributed by atoms with E-state index in [1.807, 2.05) is 31.2 Å².